The SMILES string of the molecule is CN=C(NCc1cccc(OCC(N)=O)c1)NCc1ccc(C)cc1OC1CCOC1. The third kappa shape index (κ3) is 7.18. The Bertz CT molecular complexity index is 910. The van der Waals surface area contributed by atoms with Crippen LogP contribution in [0.15, 0.2) is 47.5 Å². The minimum Gasteiger partial charge on any atom is -0.488 e. The van der Waals surface area contributed by atoms with Crippen molar-refractivity contribution >= 4 is 11.9 Å². The molecule has 0 saturated carbocycles. The maximum Gasteiger partial charge on any atom is 0.255 e. The molecule has 1 saturated heterocycles. The van der Waals surface area contributed by atoms with Crippen LogP contribution in [0.5, 0.6) is 11.5 Å². The number of primary amides is 1. The van der Waals surface area contributed by atoms with E-state index in [1.54, 1.807) is 13.1 Å². The number of carbonyl (C=O) groups excluding carboxylic acids is 1. The fraction of sp³-hybridized carbons (Fsp3) is 0.391. The predicted molar refractivity (Wildman–Crippen MR) is 119 cm³/mol. The Hall–Kier alpha value is -3.26. The number of aliphatic imine (C=N–C) groups is 1. The summed E-state index contributed by atoms with van der Waals surface area (Å²) in [6.45, 7) is 4.40. The minimum absolute atomic E-state index is 0.0991. The molecule has 1 amide bonds. The molecule has 3 rings (SSSR count). The van der Waals surface area contributed by atoms with Gasteiger partial charge in [0.1, 0.15) is 17.6 Å². The highest BCUT2D eigenvalue weighted by atomic mass is 16.5. The lowest BCUT2D eigenvalue weighted by Crippen LogP contribution is -2.36. The fourth-order valence-electron chi connectivity index (χ4n) is 3.19. The van der Waals surface area contributed by atoms with E-state index in [-0.39, 0.29) is 12.7 Å². The summed E-state index contributed by atoms with van der Waals surface area (Å²) in [5, 5.41) is 6.61. The van der Waals surface area contributed by atoms with E-state index < -0.39 is 5.91 Å². The number of nitrogens with two attached hydrogens (primary N) is 1. The van der Waals surface area contributed by atoms with E-state index in [0.717, 1.165) is 35.5 Å². The molecule has 8 heteroatoms. The lowest BCUT2D eigenvalue weighted by atomic mass is 10.1. The van der Waals surface area contributed by atoms with Crippen LogP contribution < -0.4 is 25.8 Å². The molecule has 0 aliphatic carbocycles. The van der Waals surface area contributed by atoms with E-state index in [2.05, 4.69) is 40.7 Å². The number of ether oxygens (including phenoxy) is 3. The third-order valence-electron chi connectivity index (χ3n) is 4.81. The summed E-state index contributed by atoms with van der Waals surface area (Å²) >= 11 is 0. The Labute approximate surface area is 182 Å². The third-order valence-corrected chi connectivity index (χ3v) is 4.81. The van der Waals surface area contributed by atoms with Crippen molar-refractivity contribution in [1.82, 2.24) is 10.6 Å². The summed E-state index contributed by atoms with van der Waals surface area (Å²) in [6, 6.07) is 13.7. The number of nitrogens with zero attached hydrogens (tertiary/aromatic N) is 1. The van der Waals surface area contributed by atoms with Crippen LogP contribution in [0.3, 0.4) is 0 Å². The van der Waals surface area contributed by atoms with Gasteiger partial charge >= 0.3 is 0 Å². The number of aryl methyl sites for hydroxylation is 1. The Morgan fingerprint density at radius 2 is 2.06 bits per heavy atom. The Kier molecular flexibility index (Phi) is 8.12. The highest BCUT2D eigenvalue weighted by Gasteiger charge is 2.18. The van der Waals surface area contributed by atoms with Crippen molar-refractivity contribution in [2.75, 3.05) is 26.9 Å². The molecule has 1 heterocycles. The maximum absolute atomic E-state index is 10.9. The number of nitrogens with one attached hydrogen (secondary N) is 2. The van der Waals surface area contributed by atoms with Gasteiger partial charge in [0.25, 0.3) is 5.91 Å². The van der Waals surface area contributed by atoms with Crippen LogP contribution in [0, 0.1) is 6.92 Å². The van der Waals surface area contributed by atoms with Gasteiger partial charge in [0, 0.05) is 32.1 Å². The number of rotatable bonds is 9. The molecule has 0 spiro atoms. The van der Waals surface area contributed by atoms with Gasteiger partial charge in [0.15, 0.2) is 12.6 Å². The molecule has 2 aromatic rings. The normalized spacial score (nSPS) is 16.1. The molecular weight excluding hydrogens is 396 g/mol. The van der Waals surface area contributed by atoms with Crippen LogP contribution in [-0.2, 0) is 22.6 Å². The van der Waals surface area contributed by atoms with E-state index in [0.29, 0.717) is 31.4 Å². The van der Waals surface area contributed by atoms with Gasteiger partial charge in [-0.15, -0.1) is 0 Å². The molecule has 0 aromatic heterocycles. The zero-order valence-corrected chi connectivity index (χ0v) is 18.0. The van der Waals surface area contributed by atoms with Crippen LogP contribution in [0.4, 0.5) is 0 Å². The molecule has 0 bridgehead atoms. The van der Waals surface area contributed by atoms with E-state index in [4.69, 9.17) is 19.9 Å². The molecule has 31 heavy (non-hydrogen) atoms. The monoisotopic (exact) mass is 426 g/mol. The van der Waals surface area contributed by atoms with Gasteiger partial charge in [0.05, 0.1) is 13.2 Å². The van der Waals surface area contributed by atoms with Gasteiger partial charge in [-0.05, 0) is 36.2 Å². The number of guanidine groups is 1. The standard InChI is InChI=1S/C23H30N4O4/c1-16-6-7-18(21(10-16)31-20-8-9-29-14-20)13-27-23(25-2)26-12-17-4-3-5-19(11-17)30-15-22(24)28/h3-7,10-11,20H,8-9,12-15H2,1-2H3,(H2,24,28)(H2,25,26,27). The Morgan fingerprint density at radius 1 is 1.23 bits per heavy atom. The zero-order valence-electron chi connectivity index (χ0n) is 18.0. The smallest absolute Gasteiger partial charge is 0.255 e. The van der Waals surface area contributed by atoms with Crippen molar-refractivity contribution in [3.63, 3.8) is 0 Å². The van der Waals surface area contributed by atoms with Gasteiger partial charge in [-0.1, -0.05) is 24.3 Å². The van der Waals surface area contributed by atoms with Crippen molar-refractivity contribution in [2.45, 2.75) is 32.5 Å². The first-order valence-electron chi connectivity index (χ1n) is 10.3. The first-order chi connectivity index (χ1) is 15.0. The van der Waals surface area contributed by atoms with Crippen molar-refractivity contribution in [3.8, 4) is 11.5 Å². The molecule has 1 atom stereocenters. The number of carbonyl (C=O) groups is 1. The second-order valence-electron chi connectivity index (χ2n) is 7.40. The van der Waals surface area contributed by atoms with Crippen LogP contribution >= 0.6 is 0 Å². The predicted octanol–water partition coefficient (Wildman–Crippen LogP) is 1.89. The van der Waals surface area contributed by atoms with Crippen LogP contribution in [0.1, 0.15) is 23.1 Å². The zero-order chi connectivity index (χ0) is 22.1. The molecule has 4 N–H and O–H groups in total. The molecule has 0 radical (unpaired) electrons. The van der Waals surface area contributed by atoms with Gasteiger partial charge < -0.3 is 30.6 Å². The second-order valence-corrected chi connectivity index (χ2v) is 7.40. The quantitative estimate of drug-likeness (QED) is 0.418. The molecule has 166 valence electrons. The molecule has 1 aliphatic heterocycles. The number of hydrogen-bond donors (Lipinski definition) is 3. The average Bonchev–Trinajstić information content (AvgIpc) is 3.27. The molecule has 2 aromatic carbocycles. The van der Waals surface area contributed by atoms with Crippen molar-refractivity contribution in [1.29, 1.82) is 0 Å². The Morgan fingerprint density at radius 3 is 2.81 bits per heavy atom. The van der Waals surface area contributed by atoms with Gasteiger partial charge in [0.2, 0.25) is 0 Å². The van der Waals surface area contributed by atoms with E-state index in [1.807, 2.05) is 18.2 Å². The van der Waals surface area contributed by atoms with Crippen molar-refractivity contribution in [2.24, 2.45) is 10.7 Å². The highest BCUT2D eigenvalue weighted by molar-refractivity contribution is 5.79. The van der Waals surface area contributed by atoms with Gasteiger partial charge in [-0.2, -0.15) is 0 Å². The van der Waals surface area contributed by atoms with Crippen LogP contribution in [-0.4, -0.2) is 44.8 Å². The maximum atomic E-state index is 10.9. The second kappa shape index (κ2) is 11.2. The van der Waals surface area contributed by atoms with Crippen LogP contribution in [0.2, 0.25) is 0 Å². The average molecular weight is 427 g/mol. The van der Waals surface area contributed by atoms with E-state index in [9.17, 15) is 4.79 Å². The van der Waals surface area contributed by atoms with Gasteiger partial charge in [-0.3, -0.25) is 9.79 Å². The lowest BCUT2D eigenvalue weighted by molar-refractivity contribution is -0.119. The van der Waals surface area contributed by atoms with E-state index >= 15 is 0 Å². The number of hydrogen-bond acceptors (Lipinski definition) is 5. The highest BCUT2D eigenvalue weighted by Crippen LogP contribution is 2.23. The largest absolute Gasteiger partial charge is 0.488 e. The summed E-state index contributed by atoms with van der Waals surface area (Å²) < 4.78 is 16.9. The minimum atomic E-state index is -0.506. The summed E-state index contributed by atoms with van der Waals surface area (Å²) in [7, 11) is 1.73. The number of amides is 1. The molecule has 1 aliphatic rings. The van der Waals surface area contributed by atoms with Gasteiger partial charge in [-0.25, -0.2) is 0 Å². The van der Waals surface area contributed by atoms with Crippen molar-refractivity contribution < 1.29 is 19.0 Å². The first kappa shape index (κ1) is 22.4. The molecular formula is C23H30N4O4. The first-order valence-corrected chi connectivity index (χ1v) is 10.3. The summed E-state index contributed by atoms with van der Waals surface area (Å²) in [5.74, 6) is 1.63. The topological polar surface area (TPSA) is 107 Å². The molecule has 1 fully saturated rings. The Balaban J connectivity index is 1.55. The number of benzene rings is 2. The molecule has 8 nitrogen and oxygen atoms in total. The summed E-state index contributed by atoms with van der Waals surface area (Å²) in [6.07, 6.45) is 1.01. The van der Waals surface area contributed by atoms with E-state index in [1.165, 1.54) is 0 Å². The van der Waals surface area contributed by atoms with Crippen molar-refractivity contribution in [3.05, 3.63) is 59.2 Å². The fourth-order valence-corrected chi connectivity index (χ4v) is 3.19. The molecule has 1 unspecified atom stereocenters. The lowest BCUT2D eigenvalue weighted by Gasteiger charge is -2.18. The van der Waals surface area contributed by atoms with Crippen LogP contribution in [0.25, 0.3) is 0 Å². The summed E-state index contributed by atoms with van der Waals surface area (Å²) in [4.78, 5) is 15.2. The summed E-state index contributed by atoms with van der Waals surface area (Å²) in [5.41, 5.74) is 8.33.